The number of hydrogen-bond donors (Lipinski definition) is 1. The van der Waals surface area contributed by atoms with Gasteiger partial charge in [0.05, 0.1) is 0 Å². The molecule has 1 nitrogen and oxygen atoms in total. The van der Waals surface area contributed by atoms with Crippen LogP contribution in [0.1, 0.15) is 79.1 Å². The van der Waals surface area contributed by atoms with Gasteiger partial charge in [-0.25, -0.2) is 0 Å². The SMILES string of the molecule is C/C=C(\CCCC)NC1CC(C)C1CCCCC. The van der Waals surface area contributed by atoms with E-state index in [0.29, 0.717) is 0 Å². The summed E-state index contributed by atoms with van der Waals surface area (Å²) in [7, 11) is 0. The maximum atomic E-state index is 3.81. The summed E-state index contributed by atoms with van der Waals surface area (Å²) in [5.74, 6) is 1.86. The van der Waals surface area contributed by atoms with E-state index in [0.717, 1.165) is 17.9 Å². The van der Waals surface area contributed by atoms with E-state index in [1.165, 1.54) is 57.1 Å². The first-order valence-electron chi connectivity index (χ1n) is 8.14. The van der Waals surface area contributed by atoms with Gasteiger partial charge >= 0.3 is 0 Å². The fourth-order valence-electron chi connectivity index (χ4n) is 3.14. The Bertz CT molecular complexity index is 244. The van der Waals surface area contributed by atoms with E-state index < -0.39 is 0 Å². The molecule has 1 saturated carbocycles. The van der Waals surface area contributed by atoms with E-state index in [2.05, 4.69) is 39.1 Å². The minimum absolute atomic E-state index is 0.764. The largest absolute Gasteiger partial charge is 0.386 e. The predicted molar refractivity (Wildman–Crippen MR) is 81.6 cm³/mol. The van der Waals surface area contributed by atoms with Crippen molar-refractivity contribution in [1.29, 1.82) is 0 Å². The molecule has 1 N–H and O–H groups in total. The monoisotopic (exact) mass is 251 g/mol. The summed E-state index contributed by atoms with van der Waals surface area (Å²) in [6.07, 6.45) is 13.1. The highest BCUT2D eigenvalue weighted by atomic mass is 15.0. The van der Waals surface area contributed by atoms with Gasteiger partial charge in [-0.2, -0.15) is 0 Å². The number of rotatable bonds is 9. The zero-order chi connectivity index (χ0) is 13.4. The van der Waals surface area contributed by atoms with Gasteiger partial charge in [-0.3, -0.25) is 0 Å². The Kier molecular flexibility index (Phi) is 7.46. The first kappa shape index (κ1) is 15.6. The summed E-state index contributed by atoms with van der Waals surface area (Å²) < 4.78 is 0. The molecule has 0 aromatic carbocycles. The van der Waals surface area contributed by atoms with E-state index in [1.807, 2.05) is 0 Å². The van der Waals surface area contributed by atoms with E-state index in [4.69, 9.17) is 0 Å². The van der Waals surface area contributed by atoms with Crippen LogP contribution in [0.5, 0.6) is 0 Å². The van der Waals surface area contributed by atoms with Gasteiger partial charge in [-0.05, 0) is 44.4 Å². The summed E-state index contributed by atoms with van der Waals surface area (Å²) in [5.41, 5.74) is 1.48. The molecule has 0 bridgehead atoms. The summed E-state index contributed by atoms with van der Waals surface area (Å²) in [6, 6.07) is 0.764. The fraction of sp³-hybridized carbons (Fsp3) is 0.882. The topological polar surface area (TPSA) is 12.0 Å². The Morgan fingerprint density at radius 1 is 1.17 bits per heavy atom. The molecule has 106 valence electrons. The molecule has 1 heteroatoms. The highest BCUT2D eigenvalue weighted by Gasteiger charge is 2.37. The molecule has 0 amide bonds. The molecule has 0 radical (unpaired) electrons. The molecular weight excluding hydrogens is 218 g/mol. The molecular formula is C17H33N. The first-order valence-corrected chi connectivity index (χ1v) is 8.14. The maximum Gasteiger partial charge on any atom is 0.0291 e. The Morgan fingerprint density at radius 2 is 1.89 bits per heavy atom. The normalized spacial score (nSPS) is 28.0. The van der Waals surface area contributed by atoms with Crippen LogP contribution >= 0.6 is 0 Å². The highest BCUT2D eigenvalue weighted by Crippen LogP contribution is 2.38. The Morgan fingerprint density at radius 3 is 2.44 bits per heavy atom. The summed E-state index contributed by atoms with van der Waals surface area (Å²) in [6.45, 7) is 9.16. The minimum Gasteiger partial charge on any atom is -0.386 e. The molecule has 0 aromatic rings. The number of hydrogen-bond acceptors (Lipinski definition) is 1. The molecule has 1 aliphatic rings. The van der Waals surface area contributed by atoms with Crippen molar-refractivity contribution < 1.29 is 0 Å². The van der Waals surface area contributed by atoms with Crippen molar-refractivity contribution in [2.24, 2.45) is 11.8 Å². The third-order valence-corrected chi connectivity index (χ3v) is 4.53. The summed E-state index contributed by atoms with van der Waals surface area (Å²) >= 11 is 0. The molecule has 1 rings (SSSR count). The summed E-state index contributed by atoms with van der Waals surface area (Å²) in [5, 5.41) is 3.81. The van der Waals surface area contributed by atoms with Crippen LogP contribution in [0.15, 0.2) is 11.8 Å². The van der Waals surface area contributed by atoms with E-state index in [9.17, 15) is 0 Å². The van der Waals surface area contributed by atoms with E-state index in [-0.39, 0.29) is 0 Å². The fourth-order valence-corrected chi connectivity index (χ4v) is 3.14. The number of unbranched alkanes of at least 4 members (excludes halogenated alkanes) is 3. The van der Waals surface area contributed by atoms with Crippen LogP contribution in [-0.4, -0.2) is 6.04 Å². The van der Waals surface area contributed by atoms with Gasteiger partial charge in [-0.15, -0.1) is 0 Å². The van der Waals surface area contributed by atoms with Crippen LogP contribution in [0.2, 0.25) is 0 Å². The Hall–Kier alpha value is -0.460. The molecule has 1 fully saturated rings. The predicted octanol–water partition coefficient (Wildman–Crippen LogP) is 5.27. The van der Waals surface area contributed by atoms with Gasteiger partial charge in [0.2, 0.25) is 0 Å². The van der Waals surface area contributed by atoms with Crippen LogP contribution in [0.3, 0.4) is 0 Å². The average molecular weight is 251 g/mol. The zero-order valence-electron chi connectivity index (χ0n) is 13.0. The lowest BCUT2D eigenvalue weighted by Crippen LogP contribution is -2.49. The molecule has 0 aromatic heterocycles. The first-order chi connectivity index (χ1) is 8.72. The lowest BCUT2D eigenvalue weighted by molar-refractivity contribution is 0.115. The minimum atomic E-state index is 0.764. The Balaban J connectivity index is 2.32. The Labute approximate surface area is 114 Å². The molecule has 3 unspecified atom stereocenters. The molecule has 0 spiro atoms. The van der Waals surface area contributed by atoms with Crippen molar-refractivity contribution in [3.05, 3.63) is 11.8 Å². The second kappa shape index (κ2) is 8.61. The van der Waals surface area contributed by atoms with Crippen LogP contribution < -0.4 is 5.32 Å². The van der Waals surface area contributed by atoms with Crippen LogP contribution in [-0.2, 0) is 0 Å². The van der Waals surface area contributed by atoms with Crippen LogP contribution in [0, 0.1) is 11.8 Å². The van der Waals surface area contributed by atoms with Gasteiger partial charge in [0, 0.05) is 11.7 Å². The lowest BCUT2D eigenvalue weighted by atomic mass is 9.68. The van der Waals surface area contributed by atoms with Gasteiger partial charge < -0.3 is 5.32 Å². The van der Waals surface area contributed by atoms with Crippen molar-refractivity contribution in [2.75, 3.05) is 0 Å². The van der Waals surface area contributed by atoms with Gasteiger partial charge in [0.25, 0.3) is 0 Å². The standard InChI is InChI=1S/C17H33N/c1-5-8-10-12-16-14(4)13-17(16)18-15(7-3)11-9-6-2/h7,14,16-18H,5-6,8-13H2,1-4H3/b15-7+. The van der Waals surface area contributed by atoms with Crippen molar-refractivity contribution in [3.8, 4) is 0 Å². The molecule has 0 aliphatic heterocycles. The van der Waals surface area contributed by atoms with Gasteiger partial charge in [-0.1, -0.05) is 52.5 Å². The quantitative estimate of drug-likeness (QED) is 0.550. The van der Waals surface area contributed by atoms with E-state index in [1.54, 1.807) is 0 Å². The van der Waals surface area contributed by atoms with Crippen molar-refractivity contribution >= 4 is 0 Å². The molecule has 3 atom stereocenters. The third kappa shape index (κ3) is 4.66. The smallest absolute Gasteiger partial charge is 0.0291 e. The van der Waals surface area contributed by atoms with Gasteiger partial charge in [0.1, 0.15) is 0 Å². The lowest BCUT2D eigenvalue weighted by Gasteiger charge is -2.44. The van der Waals surface area contributed by atoms with Crippen molar-refractivity contribution in [2.45, 2.75) is 85.1 Å². The maximum absolute atomic E-state index is 3.81. The van der Waals surface area contributed by atoms with Crippen LogP contribution in [0.25, 0.3) is 0 Å². The van der Waals surface area contributed by atoms with Crippen molar-refractivity contribution in [3.63, 3.8) is 0 Å². The molecule has 18 heavy (non-hydrogen) atoms. The zero-order valence-corrected chi connectivity index (χ0v) is 13.0. The third-order valence-electron chi connectivity index (χ3n) is 4.53. The second-order valence-corrected chi connectivity index (χ2v) is 6.04. The molecule has 0 saturated heterocycles. The molecule has 1 aliphatic carbocycles. The number of nitrogens with one attached hydrogen (secondary N) is 1. The summed E-state index contributed by atoms with van der Waals surface area (Å²) in [4.78, 5) is 0. The van der Waals surface area contributed by atoms with Gasteiger partial charge in [0.15, 0.2) is 0 Å². The van der Waals surface area contributed by atoms with Crippen LogP contribution in [0.4, 0.5) is 0 Å². The average Bonchev–Trinajstić information content (AvgIpc) is 2.38. The number of allylic oxidation sites excluding steroid dienone is 2. The highest BCUT2D eigenvalue weighted by molar-refractivity contribution is 5.04. The van der Waals surface area contributed by atoms with E-state index >= 15 is 0 Å². The second-order valence-electron chi connectivity index (χ2n) is 6.04. The van der Waals surface area contributed by atoms with Crippen molar-refractivity contribution in [1.82, 2.24) is 5.32 Å². The molecule has 0 heterocycles.